The van der Waals surface area contributed by atoms with Gasteiger partial charge in [0.05, 0.1) is 6.42 Å². The fourth-order valence-electron chi connectivity index (χ4n) is 7.04. The first-order valence-electron chi connectivity index (χ1n) is 15.5. The van der Waals surface area contributed by atoms with Crippen LogP contribution in [0.4, 0.5) is 0 Å². The lowest BCUT2D eigenvalue weighted by Gasteiger charge is -2.40. The zero-order chi connectivity index (χ0) is 28.6. The van der Waals surface area contributed by atoms with Crippen molar-refractivity contribution in [1.82, 2.24) is 14.7 Å². The first kappa shape index (κ1) is 29.1. The minimum absolute atomic E-state index is 0.111. The van der Waals surface area contributed by atoms with Gasteiger partial charge in [0.25, 0.3) is 5.91 Å². The lowest BCUT2D eigenvalue weighted by Crippen LogP contribution is -2.49. The predicted octanol–water partition coefficient (Wildman–Crippen LogP) is 6.27. The summed E-state index contributed by atoms with van der Waals surface area (Å²) in [6, 6.07) is 31.2. The van der Waals surface area contributed by atoms with E-state index in [1.165, 1.54) is 5.56 Å². The average Bonchev–Trinajstić information content (AvgIpc) is 3.44. The van der Waals surface area contributed by atoms with Crippen molar-refractivity contribution in [1.29, 1.82) is 0 Å². The fourth-order valence-corrected chi connectivity index (χ4v) is 7.04. The third-order valence-electron chi connectivity index (χ3n) is 9.26. The highest BCUT2D eigenvalue weighted by Crippen LogP contribution is 2.42. The number of rotatable bonds is 10. The van der Waals surface area contributed by atoms with E-state index in [4.69, 9.17) is 0 Å². The zero-order valence-corrected chi connectivity index (χ0v) is 24.7. The summed E-state index contributed by atoms with van der Waals surface area (Å²) in [5, 5.41) is 0. The Kier molecular flexibility index (Phi) is 9.89. The number of carbonyl (C=O) groups is 2. The van der Waals surface area contributed by atoms with Crippen molar-refractivity contribution in [2.75, 3.05) is 33.2 Å². The third-order valence-corrected chi connectivity index (χ3v) is 9.26. The van der Waals surface area contributed by atoms with E-state index in [1.54, 1.807) is 0 Å². The number of likely N-dealkylation sites (tertiary alicyclic amines) is 1. The molecular formula is C36H45N3O2. The van der Waals surface area contributed by atoms with Gasteiger partial charge in [-0.25, -0.2) is 0 Å². The van der Waals surface area contributed by atoms with Gasteiger partial charge in [-0.2, -0.15) is 0 Å². The molecule has 3 atom stereocenters. The van der Waals surface area contributed by atoms with Gasteiger partial charge in [-0.3, -0.25) is 9.59 Å². The van der Waals surface area contributed by atoms with Gasteiger partial charge in [0.1, 0.15) is 0 Å². The highest BCUT2D eigenvalue weighted by molar-refractivity contribution is 5.94. The predicted molar refractivity (Wildman–Crippen MR) is 166 cm³/mol. The summed E-state index contributed by atoms with van der Waals surface area (Å²) in [5.41, 5.74) is 3.24. The van der Waals surface area contributed by atoms with Gasteiger partial charge >= 0.3 is 0 Å². The number of hydrogen-bond donors (Lipinski definition) is 0. The molecule has 0 N–H and O–H groups in total. The van der Waals surface area contributed by atoms with Gasteiger partial charge in [-0.1, -0.05) is 85.8 Å². The van der Waals surface area contributed by atoms with Crippen molar-refractivity contribution in [3.05, 3.63) is 108 Å². The topological polar surface area (TPSA) is 43.9 Å². The Morgan fingerprint density at radius 2 is 1.41 bits per heavy atom. The molecule has 0 bridgehead atoms. The molecule has 3 aromatic carbocycles. The molecule has 0 aromatic heterocycles. The average molecular weight is 552 g/mol. The van der Waals surface area contributed by atoms with Crippen molar-refractivity contribution >= 4 is 11.8 Å². The summed E-state index contributed by atoms with van der Waals surface area (Å²) in [6.07, 6.45) is 5.54. The SMILES string of the molecule is CCCN(C(=O)Cc1ccccc1)C1CCN(CC2CC(N(C)C(=O)c3ccccc3)CC2c2ccccc2)CC1. The number of amides is 2. The molecule has 3 aromatic rings. The highest BCUT2D eigenvalue weighted by Gasteiger charge is 2.40. The quantitative estimate of drug-likeness (QED) is 0.298. The fraction of sp³-hybridized carbons (Fsp3) is 0.444. The molecule has 1 saturated carbocycles. The van der Waals surface area contributed by atoms with E-state index < -0.39 is 0 Å². The summed E-state index contributed by atoms with van der Waals surface area (Å²) in [4.78, 5) is 33.3. The number of piperidine rings is 1. The van der Waals surface area contributed by atoms with Crippen LogP contribution in [0.1, 0.15) is 66.4 Å². The Bertz CT molecular complexity index is 1240. The van der Waals surface area contributed by atoms with Crippen LogP contribution in [-0.4, -0.2) is 71.8 Å². The molecule has 5 rings (SSSR count). The summed E-state index contributed by atoms with van der Waals surface area (Å²) in [5.74, 6) is 1.30. The number of nitrogens with zero attached hydrogens (tertiary/aromatic N) is 3. The molecule has 1 aliphatic carbocycles. The summed E-state index contributed by atoms with van der Waals surface area (Å²) >= 11 is 0. The lowest BCUT2D eigenvalue weighted by molar-refractivity contribution is -0.133. The molecule has 2 aliphatic rings. The second kappa shape index (κ2) is 14.0. The van der Waals surface area contributed by atoms with E-state index in [0.717, 1.165) is 69.4 Å². The van der Waals surface area contributed by atoms with Crippen LogP contribution in [0.2, 0.25) is 0 Å². The summed E-state index contributed by atoms with van der Waals surface area (Å²) in [7, 11) is 1.98. The molecule has 2 amide bonds. The maximum Gasteiger partial charge on any atom is 0.253 e. The molecule has 5 nitrogen and oxygen atoms in total. The van der Waals surface area contributed by atoms with E-state index in [0.29, 0.717) is 24.3 Å². The maximum absolute atomic E-state index is 13.3. The van der Waals surface area contributed by atoms with Gasteiger partial charge < -0.3 is 14.7 Å². The van der Waals surface area contributed by atoms with Crippen LogP contribution in [-0.2, 0) is 11.2 Å². The van der Waals surface area contributed by atoms with Crippen LogP contribution in [0, 0.1) is 5.92 Å². The zero-order valence-electron chi connectivity index (χ0n) is 24.7. The first-order valence-corrected chi connectivity index (χ1v) is 15.5. The minimum atomic E-state index is 0.111. The van der Waals surface area contributed by atoms with E-state index in [-0.39, 0.29) is 17.9 Å². The molecule has 0 radical (unpaired) electrons. The Balaban J connectivity index is 1.22. The van der Waals surface area contributed by atoms with Gasteiger partial charge in [0.15, 0.2) is 0 Å². The Morgan fingerprint density at radius 1 is 0.805 bits per heavy atom. The van der Waals surface area contributed by atoms with Gasteiger partial charge in [0.2, 0.25) is 5.91 Å². The highest BCUT2D eigenvalue weighted by atomic mass is 16.2. The summed E-state index contributed by atoms with van der Waals surface area (Å²) < 4.78 is 0. The molecule has 3 unspecified atom stereocenters. The van der Waals surface area contributed by atoms with Crippen LogP contribution in [0.5, 0.6) is 0 Å². The van der Waals surface area contributed by atoms with Crippen LogP contribution >= 0.6 is 0 Å². The van der Waals surface area contributed by atoms with Crippen molar-refractivity contribution < 1.29 is 9.59 Å². The van der Waals surface area contributed by atoms with Crippen molar-refractivity contribution in [3.8, 4) is 0 Å². The number of hydrogen-bond acceptors (Lipinski definition) is 3. The van der Waals surface area contributed by atoms with Gasteiger partial charge in [-0.05, 0) is 67.2 Å². The van der Waals surface area contributed by atoms with Crippen LogP contribution in [0.25, 0.3) is 0 Å². The Morgan fingerprint density at radius 3 is 2.05 bits per heavy atom. The van der Waals surface area contributed by atoms with E-state index in [9.17, 15) is 9.59 Å². The van der Waals surface area contributed by atoms with Crippen molar-refractivity contribution in [2.45, 2.75) is 63.5 Å². The molecule has 5 heteroatoms. The molecule has 1 saturated heterocycles. The maximum atomic E-state index is 13.3. The molecule has 216 valence electrons. The van der Waals surface area contributed by atoms with Crippen molar-refractivity contribution in [3.63, 3.8) is 0 Å². The minimum Gasteiger partial charge on any atom is -0.339 e. The van der Waals surface area contributed by atoms with Crippen LogP contribution in [0.3, 0.4) is 0 Å². The second-order valence-corrected chi connectivity index (χ2v) is 12.0. The molecule has 0 spiro atoms. The van der Waals surface area contributed by atoms with Crippen LogP contribution in [0.15, 0.2) is 91.0 Å². The first-order chi connectivity index (χ1) is 20.0. The molecule has 41 heavy (non-hydrogen) atoms. The van der Waals surface area contributed by atoms with E-state index in [2.05, 4.69) is 47.1 Å². The normalized spacial score (nSPS) is 21.5. The van der Waals surface area contributed by atoms with Crippen LogP contribution < -0.4 is 0 Å². The third kappa shape index (κ3) is 7.26. The second-order valence-electron chi connectivity index (χ2n) is 12.0. The van der Waals surface area contributed by atoms with Gasteiger partial charge in [0, 0.05) is 50.9 Å². The molecule has 1 heterocycles. The van der Waals surface area contributed by atoms with Gasteiger partial charge in [-0.15, -0.1) is 0 Å². The number of carbonyl (C=O) groups excluding carboxylic acids is 2. The summed E-state index contributed by atoms with van der Waals surface area (Å²) in [6.45, 7) is 6.08. The van der Waals surface area contributed by atoms with Crippen molar-refractivity contribution in [2.24, 2.45) is 5.92 Å². The number of benzene rings is 3. The smallest absolute Gasteiger partial charge is 0.253 e. The standard InChI is InChI=1S/C36H45N3O2/c1-3-21-39(35(40)24-28-13-7-4-8-14-28)32-19-22-38(23-20-32)27-31-25-33(26-34(31)29-15-9-5-10-16-29)37(2)36(41)30-17-11-6-12-18-30/h4-18,31-34H,3,19-27H2,1-2H3. The largest absolute Gasteiger partial charge is 0.339 e. The monoisotopic (exact) mass is 551 g/mol. The van der Waals surface area contributed by atoms with E-state index >= 15 is 0 Å². The molecular weight excluding hydrogens is 506 g/mol. The van der Waals surface area contributed by atoms with E-state index in [1.807, 2.05) is 72.6 Å². The Labute approximate surface area is 246 Å². The lowest BCUT2D eigenvalue weighted by atomic mass is 9.88. The molecule has 2 fully saturated rings. The molecule has 1 aliphatic heterocycles. The Hall–Kier alpha value is -3.44.